The fourth-order valence-corrected chi connectivity index (χ4v) is 2.93. The number of thioether (sulfide) groups is 1. The number of hydrogen-bond donors (Lipinski definition) is 1. The van der Waals surface area contributed by atoms with Crippen molar-refractivity contribution in [1.82, 2.24) is 9.97 Å². The number of benzene rings is 1. The molecule has 0 aliphatic heterocycles. The van der Waals surface area contributed by atoms with Crippen LogP contribution in [0.15, 0.2) is 29.4 Å². The molecule has 1 aromatic heterocycles. The van der Waals surface area contributed by atoms with Crippen molar-refractivity contribution in [2.75, 3.05) is 17.7 Å². The van der Waals surface area contributed by atoms with Crippen molar-refractivity contribution in [2.45, 2.75) is 19.0 Å². The lowest BCUT2D eigenvalue weighted by Gasteiger charge is -2.07. The topological polar surface area (TPSA) is 124 Å². The SMILES string of the molecule is Cc1cc(C)nc(SCC(=O)OCC(=O)Nc2ccc(Cl)cc2[N+](=O)[O-])n1. The maximum Gasteiger partial charge on any atom is 0.316 e. The molecule has 0 spiro atoms. The number of halogens is 1. The molecule has 2 rings (SSSR count). The van der Waals surface area contributed by atoms with E-state index < -0.39 is 23.4 Å². The van der Waals surface area contributed by atoms with E-state index in [4.69, 9.17) is 16.3 Å². The van der Waals surface area contributed by atoms with E-state index in [1.807, 2.05) is 19.9 Å². The molecule has 1 heterocycles. The van der Waals surface area contributed by atoms with E-state index in [1.165, 1.54) is 12.1 Å². The second kappa shape index (κ2) is 9.28. The van der Waals surface area contributed by atoms with Gasteiger partial charge in [-0.1, -0.05) is 23.4 Å². The maximum atomic E-state index is 11.9. The number of rotatable bonds is 7. The molecule has 27 heavy (non-hydrogen) atoms. The molecule has 0 saturated carbocycles. The number of anilines is 1. The highest BCUT2D eigenvalue weighted by Crippen LogP contribution is 2.27. The molecule has 0 aliphatic rings. The zero-order valence-corrected chi connectivity index (χ0v) is 16.0. The third-order valence-corrected chi connectivity index (χ3v) is 4.13. The molecule has 1 aromatic carbocycles. The lowest BCUT2D eigenvalue weighted by atomic mass is 10.2. The lowest BCUT2D eigenvalue weighted by molar-refractivity contribution is -0.383. The molecule has 0 fully saturated rings. The number of carbonyl (C=O) groups excluding carboxylic acids is 2. The van der Waals surface area contributed by atoms with Gasteiger partial charge in [-0.05, 0) is 32.0 Å². The van der Waals surface area contributed by atoms with Gasteiger partial charge in [-0.2, -0.15) is 0 Å². The molecule has 0 saturated heterocycles. The monoisotopic (exact) mass is 410 g/mol. The molecular formula is C16H15ClN4O5S. The standard InChI is InChI=1S/C16H15ClN4O5S/c1-9-5-10(2)19-16(18-9)27-8-15(23)26-7-14(22)20-12-4-3-11(17)6-13(12)21(24)25/h3-6H,7-8H2,1-2H3,(H,20,22). The van der Waals surface area contributed by atoms with E-state index in [0.29, 0.717) is 5.16 Å². The number of aryl methyl sites for hydroxylation is 2. The molecule has 0 atom stereocenters. The Morgan fingerprint density at radius 3 is 2.56 bits per heavy atom. The first kappa shape index (κ1) is 20.6. The average molecular weight is 411 g/mol. The molecule has 0 bridgehead atoms. The van der Waals surface area contributed by atoms with Gasteiger partial charge in [-0.15, -0.1) is 0 Å². The number of nitrogens with zero attached hydrogens (tertiary/aromatic N) is 3. The number of hydrogen-bond acceptors (Lipinski definition) is 8. The molecule has 1 amide bonds. The van der Waals surface area contributed by atoms with Crippen molar-refractivity contribution in [3.05, 3.63) is 50.8 Å². The summed E-state index contributed by atoms with van der Waals surface area (Å²) in [5.74, 6) is -1.41. The van der Waals surface area contributed by atoms with Crippen LogP contribution in [0.5, 0.6) is 0 Å². The minimum atomic E-state index is -0.707. The van der Waals surface area contributed by atoms with Crippen molar-refractivity contribution in [1.29, 1.82) is 0 Å². The first-order valence-electron chi connectivity index (χ1n) is 7.59. The minimum Gasteiger partial charge on any atom is -0.455 e. The molecule has 0 aliphatic carbocycles. The maximum absolute atomic E-state index is 11.9. The van der Waals surface area contributed by atoms with Crippen molar-refractivity contribution >= 4 is 46.6 Å². The second-order valence-electron chi connectivity index (χ2n) is 5.35. The number of nitro groups is 1. The van der Waals surface area contributed by atoms with Crippen LogP contribution in [0, 0.1) is 24.0 Å². The Bertz CT molecular complexity index is 873. The van der Waals surface area contributed by atoms with Crippen molar-refractivity contribution in [3.8, 4) is 0 Å². The van der Waals surface area contributed by atoms with E-state index in [9.17, 15) is 19.7 Å². The van der Waals surface area contributed by atoms with Crippen molar-refractivity contribution in [3.63, 3.8) is 0 Å². The summed E-state index contributed by atoms with van der Waals surface area (Å²) >= 11 is 6.79. The van der Waals surface area contributed by atoms with Crippen LogP contribution in [-0.4, -0.2) is 39.1 Å². The molecular weight excluding hydrogens is 396 g/mol. The summed E-state index contributed by atoms with van der Waals surface area (Å²) in [4.78, 5) is 42.3. The third-order valence-electron chi connectivity index (χ3n) is 3.08. The smallest absolute Gasteiger partial charge is 0.316 e. The van der Waals surface area contributed by atoms with Crippen LogP contribution in [0.3, 0.4) is 0 Å². The van der Waals surface area contributed by atoms with Gasteiger partial charge < -0.3 is 10.1 Å². The summed E-state index contributed by atoms with van der Waals surface area (Å²) in [6.07, 6.45) is 0. The Morgan fingerprint density at radius 1 is 1.26 bits per heavy atom. The lowest BCUT2D eigenvalue weighted by Crippen LogP contribution is -2.22. The third kappa shape index (κ3) is 6.50. The molecule has 9 nitrogen and oxygen atoms in total. The Morgan fingerprint density at radius 2 is 1.93 bits per heavy atom. The second-order valence-corrected chi connectivity index (χ2v) is 6.73. The van der Waals surface area contributed by atoms with E-state index in [-0.39, 0.29) is 22.2 Å². The summed E-state index contributed by atoms with van der Waals surface area (Å²) in [6.45, 7) is 3.06. The largest absolute Gasteiger partial charge is 0.455 e. The van der Waals surface area contributed by atoms with Crippen LogP contribution in [0.1, 0.15) is 11.4 Å². The number of aromatic nitrogens is 2. The highest BCUT2D eigenvalue weighted by Gasteiger charge is 2.17. The Balaban J connectivity index is 1.85. The van der Waals surface area contributed by atoms with Gasteiger partial charge in [-0.25, -0.2) is 9.97 Å². The van der Waals surface area contributed by atoms with Crippen LogP contribution in [0.25, 0.3) is 0 Å². The van der Waals surface area contributed by atoms with Crippen molar-refractivity contribution in [2.24, 2.45) is 0 Å². The number of carbonyl (C=O) groups is 2. The van der Waals surface area contributed by atoms with E-state index >= 15 is 0 Å². The fraction of sp³-hybridized carbons (Fsp3) is 0.250. The van der Waals surface area contributed by atoms with Crippen LogP contribution in [-0.2, 0) is 14.3 Å². The van der Waals surface area contributed by atoms with E-state index in [2.05, 4.69) is 15.3 Å². The molecule has 1 N–H and O–H groups in total. The highest BCUT2D eigenvalue weighted by atomic mass is 35.5. The number of amides is 1. The van der Waals surface area contributed by atoms with Gasteiger partial charge in [0.15, 0.2) is 11.8 Å². The van der Waals surface area contributed by atoms with Gasteiger partial charge >= 0.3 is 5.97 Å². The molecule has 142 valence electrons. The van der Waals surface area contributed by atoms with Gasteiger partial charge in [0, 0.05) is 22.5 Å². The number of nitro benzene ring substituents is 1. The predicted molar refractivity (Wildman–Crippen MR) is 99.9 cm³/mol. The van der Waals surface area contributed by atoms with Crippen LogP contribution >= 0.6 is 23.4 Å². The van der Waals surface area contributed by atoms with Crippen LogP contribution in [0.2, 0.25) is 5.02 Å². The van der Waals surface area contributed by atoms with Gasteiger partial charge in [0.05, 0.1) is 10.7 Å². The molecule has 2 aromatic rings. The van der Waals surface area contributed by atoms with Gasteiger partial charge in [-0.3, -0.25) is 19.7 Å². The van der Waals surface area contributed by atoms with E-state index in [1.54, 1.807) is 0 Å². The van der Waals surface area contributed by atoms with E-state index in [0.717, 1.165) is 29.2 Å². The normalized spacial score (nSPS) is 10.3. The number of ether oxygens (including phenoxy) is 1. The number of nitrogens with one attached hydrogen (secondary N) is 1. The Labute approximate surface area is 163 Å². The molecule has 0 unspecified atom stereocenters. The quantitative estimate of drug-likeness (QED) is 0.243. The summed E-state index contributed by atoms with van der Waals surface area (Å²) in [5.41, 5.74) is 1.16. The van der Waals surface area contributed by atoms with Crippen molar-refractivity contribution < 1.29 is 19.2 Å². The first-order chi connectivity index (χ1) is 12.7. The van der Waals surface area contributed by atoms with Gasteiger partial charge in [0.1, 0.15) is 5.69 Å². The van der Waals surface area contributed by atoms with Gasteiger partial charge in [0.2, 0.25) is 0 Å². The predicted octanol–water partition coefficient (Wildman–Crippen LogP) is 2.93. The highest BCUT2D eigenvalue weighted by molar-refractivity contribution is 7.99. The van der Waals surface area contributed by atoms with Crippen LogP contribution in [0.4, 0.5) is 11.4 Å². The molecule has 0 radical (unpaired) electrons. The average Bonchev–Trinajstić information content (AvgIpc) is 2.58. The summed E-state index contributed by atoms with van der Waals surface area (Å²) < 4.78 is 4.86. The number of esters is 1. The first-order valence-corrected chi connectivity index (χ1v) is 8.95. The molecule has 11 heteroatoms. The summed E-state index contributed by atoms with van der Waals surface area (Å²) in [6, 6.07) is 5.62. The van der Waals surface area contributed by atoms with Gasteiger partial charge in [0.25, 0.3) is 11.6 Å². The van der Waals surface area contributed by atoms with Crippen LogP contribution < -0.4 is 5.32 Å². The zero-order valence-electron chi connectivity index (χ0n) is 14.4. The Kier molecular flexibility index (Phi) is 7.08. The Hall–Kier alpha value is -2.72. The fourth-order valence-electron chi connectivity index (χ4n) is 2.02. The zero-order chi connectivity index (χ0) is 20.0. The summed E-state index contributed by atoms with van der Waals surface area (Å²) in [5, 5.41) is 13.9. The summed E-state index contributed by atoms with van der Waals surface area (Å²) in [7, 11) is 0. The minimum absolute atomic E-state index is 0.0385.